The fourth-order valence-electron chi connectivity index (χ4n) is 3.56. The highest BCUT2D eigenvalue weighted by Gasteiger charge is 2.27. The second-order valence-electron chi connectivity index (χ2n) is 9.99. The number of benzene rings is 2. The number of amides is 4. The number of nitrogens with zero attached hydrogens (tertiary/aromatic N) is 1. The second-order valence-corrected chi connectivity index (χ2v) is 9.99. The van der Waals surface area contributed by atoms with Crippen molar-refractivity contribution in [1.29, 1.82) is 0 Å². The zero-order chi connectivity index (χ0) is 34.2. The van der Waals surface area contributed by atoms with Crippen molar-refractivity contribution in [1.82, 2.24) is 16.0 Å². The predicted octanol–water partition coefficient (Wildman–Crippen LogP) is 2.13. The smallest absolute Gasteiger partial charge is 0.466 e. The molecule has 0 fully saturated rings. The van der Waals surface area contributed by atoms with Crippen LogP contribution in [0.5, 0.6) is 5.75 Å². The molecule has 0 saturated heterocycles. The van der Waals surface area contributed by atoms with E-state index in [1.807, 2.05) is 0 Å². The molecule has 2 atom stereocenters. The number of non-ortho nitro benzene ring substituents is 1. The molecule has 2 aromatic rings. The number of hydrogen-bond acceptors (Lipinski definition) is 11. The maximum absolute atomic E-state index is 12.9. The van der Waals surface area contributed by atoms with Crippen LogP contribution in [0.15, 0.2) is 60.7 Å². The lowest BCUT2D eigenvalue weighted by molar-refractivity contribution is -0.384. The molecule has 0 spiro atoms. The Labute approximate surface area is 264 Å². The highest BCUT2D eigenvalue weighted by Crippen LogP contribution is 2.18. The van der Waals surface area contributed by atoms with Crippen molar-refractivity contribution in [3.63, 3.8) is 0 Å². The molecule has 0 saturated carbocycles. The molecular weight excluding hydrogens is 606 g/mol. The molecule has 246 valence electrons. The molecule has 4 amide bonds. The molecule has 2 aromatic carbocycles. The van der Waals surface area contributed by atoms with Gasteiger partial charge in [0.15, 0.2) is 0 Å². The summed E-state index contributed by atoms with van der Waals surface area (Å²) in [5.41, 5.74) is 0.826. The van der Waals surface area contributed by atoms with Gasteiger partial charge in [-0.1, -0.05) is 26.0 Å². The average molecular weight is 642 g/mol. The molecule has 16 heteroatoms. The van der Waals surface area contributed by atoms with Crippen LogP contribution in [0, 0.1) is 16.0 Å². The van der Waals surface area contributed by atoms with Crippen molar-refractivity contribution < 1.29 is 47.9 Å². The molecule has 16 nitrogen and oxygen atoms in total. The SMILES string of the molecule is COC(=O)/C=C\C(=O)NCCC(=O)N[C@H](C(=O)N[C@@H](C)C(=O)Nc1ccc(COC(=O)Oc2ccc([N+](=O)[O-])cc2)cc1)C(C)C. The third-order valence-corrected chi connectivity index (χ3v) is 6.07. The molecule has 0 unspecified atom stereocenters. The Kier molecular flexibility index (Phi) is 14.3. The summed E-state index contributed by atoms with van der Waals surface area (Å²) in [6.07, 6.45) is 0.761. The summed E-state index contributed by atoms with van der Waals surface area (Å²) in [5.74, 6) is -3.16. The Balaban J connectivity index is 1.79. The van der Waals surface area contributed by atoms with Crippen molar-refractivity contribution in [3.8, 4) is 5.75 Å². The van der Waals surface area contributed by atoms with E-state index in [0.717, 1.165) is 12.2 Å². The molecule has 0 radical (unpaired) electrons. The van der Waals surface area contributed by atoms with Crippen LogP contribution < -0.4 is 26.0 Å². The first-order valence-electron chi connectivity index (χ1n) is 13.9. The molecule has 0 bridgehead atoms. The quantitative estimate of drug-likeness (QED) is 0.0725. The lowest BCUT2D eigenvalue weighted by Crippen LogP contribution is -2.54. The molecule has 4 N–H and O–H groups in total. The first-order valence-corrected chi connectivity index (χ1v) is 13.9. The second kappa shape index (κ2) is 18.1. The number of esters is 1. The van der Waals surface area contributed by atoms with Crippen LogP contribution in [0.3, 0.4) is 0 Å². The summed E-state index contributed by atoms with van der Waals surface area (Å²) < 4.78 is 14.4. The highest BCUT2D eigenvalue weighted by molar-refractivity contribution is 5.98. The number of nitro benzene ring substituents is 1. The molecule has 0 aromatic heterocycles. The van der Waals surface area contributed by atoms with Gasteiger partial charge < -0.3 is 35.5 Å². The van der Waals surface area contributed by atoms with Crippen molar-refractivity contribution in [2.45, 2.75) is 45.9 Å². The summed E-state index contributed by atoms with van der Waals surface area (Å²) >= 11 is 0. The van der Waals surface area contributed by atoms with Crippen molar-refractivity contribution >= 4 is 47.1 Å². The monoisotopic (exact) mass is 641 g/mol. The number of nitro groups is 1. The summed E-state index contributed by atoms with van der Waals surface area (Å²) in [4.78, 5) is 82.7. The van der Waals surface area contributed by atoms with Crippen LogP contribution in [0.25, 0.3) is 0 Å². The minimum atomic E-state index is -1.01. The molecule has 0 aliphatic heterocycles. The zero-order valence-corrected chi connectivity index (χ0v) is 25.6. The lowest BCUT2D eigenvalue weighted by atomic mass is 10.0. The number of rotatable bonds is 15. The summed E-state index contributed by atoms with van der Waals surface area (Å²) in [7, 11) is 1.17. The zero-order valence-electron chi connectivity index (χ0n) is 25.6. The Morgan fingerprint density at radius 2 is 1.54 bits per heavy atom. The van der Waals surface area contributed by atoms with Crippen LogP contribution in [-0.4, -0.2) is 66.4 Å². The van der Waals surface area contributed by atoms with Gasteiger partial charge in [-0.3, -0.25) is 29.3 Å². The topological polar surface area (TPSA) is 221 Å². The number of carbonyl (C=O) groups excluding carboxylic acids is 6. The Hall–Kier alpha value is -5.80. The summed E-state index contributed by atoms with van der Waals surface area (Å²) in [6, 6.07) is 9.30. The number of anilines is 1. The van der Waals surface area contributed by atoms with Gasteiger partial charge in [0.25, 0.3) is 5.69 Å². The predicted molar refractivity (Wildman–Crippen MR) is 162 cm³/mol. The first kappa shape index (κ1) is 36.4. The van der Waals surface area contributed by atoms with Crippen LogP contribution in [-0.2, 0) is 40.1 Å². The number of methoxy groups -OCH3 is 1. The van der Waals surface area contributed by atoms with Gasteiger partial charge in [-0.05, 0) is 42.7 Å². The molecule has 2 rings (SSSR count). The van der Waals surface area contributed by atoms with Gasteiger partial charge in [0, 0.05) is 42.9 Å². The van der Waals surface area contributed by atoms with Crippen LogP contribution in [0.4, 0.5) is 16.2 Å². The van der Waals surface area contributed by atoms with Gasteiger partial charge in [0.1, 0.15) is 24.4 Å². The van der Waals surface area contributed by atoms with Gasteiger partial charge in [0.2, 0.25) is 23.6 Å². The molecule has 0 heterocycles. The van der Waals surface area contributed by atoms with Gasteiger partial charge >= 0.3 is 12.1 Å². The van der Waals surface area contributed by atoms with E-state index in [0.29, 0.717) is 11.3 Å². The fourth-order valence-corrected chi connectivity index (χ4v) is 3.56. The van der Waals surface area contributed by atoms with E-state index in [4.69, 9.17) is 9.47 Å². The third kappa shape index (κ3) is 12.8. The summed E-state index contributed by atoms with van der Waals surface area (Å²) in [5, 5.41) is 21.0. The molecule has 0 aliphatic rings. The summed E-state index contributed by atoms with van der Waals surface area (Å²) in [6.45, 7) is 4.72. The van der Waals surface area contributed by atoms with Gasteiger partial charge in [-0.15, -0.1) is 0 Å². The number of hydrogen-bond donors (Lipinski definition) is 4. The number of carbonyl (C=O) groups is 6. The normalized spacial score (nSPS) is 11.9. The molecule has 0 aliphatic carbocycles. The minimum absolute atomic E-state index is 0.0431. The van der Waals surface area contributed by atoms with E-state index < -0.39 is 52.8 Å². The average Bonchev–Trinajstić information content (AvgIpc) is 3.02. The maximum atomic E-state index is 12.9. The van der Waals surface area contributed by atoms with E-state index in [2.05, 4.69) is 26.0 Å². The lowest BCUT2D eigenvalue weighted by Gasteiger charge is -2.24. The number of ether oxygens (including phenoxy) is 3. The highest BCUT2D eigenvalue weighted by atomic mass is 16.7. The van der Waals surface area contributed by atoms with E-state index in [9.17, 15) is 38.9 Å². The van der Waals surface area contributed by atoms with Crippen LogP contribution >= 0.6 is 0 Å². The standard InChI is InChI=1S/C30H35N5O11/c1-18(2)27(34-25(37)15-16-31-24(36)13-14-26(38)44-4)29(40)32-19(3)28(39)33-21-7-5-20(6-8-21)17-45-30(41)46-23-11-9-22(10-12-23)35(42)43/h5-14,18-19,27H,15-17H2,1-4H3,(H,31,36)(H,32,40)(H,33,39)(H,34,37)/b14-13-/t19-,27-/m0/s1. The van der Waals surface area contributed by atoms with E-state index in [1.165, 1.54) is 38.3 Å². The van der Waals surface area contributed by atoms with Crippen molar-refractivity contribution in [2.75, 3.05) is 19.0 Å². The third-order valence-electron chi connectivity index (χ3n) is 6.07. The van der Waals surface area contributed by atoms with E-state index in [-0.39, 0.29) is 36.9 Å². The maximum Gasteiger partial charge on any atom is 0.514 e. The van der Waals surface area contributed by atoms with Gasteiger partial charge in [0.05, 0.1) is 12.0 Å². The first-order chi connectivity index (χ1) is 21.8. The van der Waals surface area contributed by atoms with E-state index in [1.54, 1.807) is 38.1 Å². The fraction of sp³-hybridized carbons (Fsp3) is 0.333. The van der Waals surface area contributed by atoms with Crippen LogP contribution in [0.1, 0.15) is 32.8 Å². The van der Waals surface area contributed by atoms with E-state index >= 15 is 0 Å². The van der Waals surface area contributed by atoms with Crippen molar-refractivity contribution in [3.05, 3.63) is 76.4 Å². The van der Waals surface area contributed by atoms with Crippen molar-refractivity contribution in [2.24, 2.45) is 5.92 Å². The van der Waals surface area contributed by atoms with Crippen LogP contribution in [0.2, 0.25) is 0 Å². The number of nitrogens with one attached hydrogen (secondary N) is 4. The Bertz CT molecular complexity index is 1440. The Morgan fingerprint density at radius 3 is 2.13 bits per heavy atom. The molecular formula is C30H35N5O11. The van der Waals surface area contributed by atoms with Gasteiger partial charge in [-0.25, -0.2) is 9.59 Å². The minimum Gasteiger partial charge on any atom is -0.466 e. The Morgan fingerprint density at radius 1 is 0.891 bits per heavy atom. The largest absolute Gasteiger partial charge is 0.514 e. The molecule has 46 heavy (non-hydrogen) atoms. The van der Waals surface area contributed by atoms with Gasteiger partial charge in [-0.2, -0.15) is 0 Å².